The lowest BCUT2D eigenvalue weighted by molar-refractivity contribution is 0.450. The first-order valence-electron chi connectivity index (χ1n) is 4.91. The van der Waals surface area contributed by atoms with Crippen molar-refractivity contribution < 1.29 is 0 Å². The quantitative estimate of drug-likeness (QED) is 0.653. The van der Waals surface area contributed by atoms with E-state index in [1.807, 2.05) is 0 Å². The average Bonchev–Trinajstić information content (AvgIpc) is 2.05. The Labute approximate surface area is 90.5 Å². The van der Waals surface area contributed by atoms with Crippen LogP contribution in [0.5, 0.6) is 0 Å². The molecule has 2 rings (SSSR count). The van der Waals surface area contributed by atoms with Crippen LogP contribution in [-0.4, -0.2) is 10.5 Å². The Morgan fingerprint density at radius 1 is 1.36 bits per heavy atom. The normalized spacial score (nSPS) is 18.6. The van der Waals surface area contributed by atoms with Gasteiger partial charge in [0, 0.05) is 11.1 Å². The fourth-order valence-corrected chi connectivity index (χ4v) is 2.48. The highest BCUT2D eigenvalue weighted by molar-refractivity contribution is 7.80. The fourth-order valence-electron chi connectivity index (χ4n) is 2.01. The number of thiocarbonyl (C=S) groups is 1. The highest BCUT2D eigenvalue weighted by Gasteiger charge is 2.28. The standard InChI is InChI=1S/C12H15NS/c1-8-5-4-6-9-10(8)7-12(2,3)13-11(9)14/h4-6H,7H2,1-3H3,(H,13,14). The molecule has 0 radical (unpaired) electrons. The van der Waals surface area contributed by atoms with Crippen LogP contribution in [0.3, 0.4) is 0 Å². The molecule has 0 saturated carbocycles. The fraction of sp³-hybridized carbons (Fsp3) is 0.417. The van der Waals surface area contributed by atoms with Crippen LogP contribution in [-0.2, 0) is 6.42 Å². The van der Waals surface area contributed by atoms with Gasteiger partial charge < -0.3 is 5.32 Å². The van der Waals surface area contributed by atoms with E-state index in [2.05, 4.69) is 44.3 Å². The van der Waals surface area contributed by atoms with E-state index < -0.39 is 0 Å². The van der Waals surface area contributed by atoms with Gasteiger partial charge in [0.05, 0.1) is 0 Å². The van der Waals surface area contributed by atoms with E-state index in [-0.39, 0.29) is 5.54 Å². The topological polar surface area (TPSA) is 12.0 Å². The largest absolute Gasteiger partial charge is 0.371 e. The summed E-state index contributed by atoms with van der Waals surface area (Å²) in [4.78, 5) is 0.889. The molecule has 14 heavy (non-hydrogen) atoms. The molecule has 0 amide bonds. The zero-order valence-electron chi connectivity index (χ0n) is 8.85. The minimum Gasteiger partial charge on any atom is -0.371 e. The molecule has 1 nitrogen and oxygen atoms in total. The predicted octanol–water partition coefficient (Wildman–Crippen LogP) is 2.59. The summed E-state index contributed by atoms with van der Waals surface area (Å²) in [5.41, 5.74) is 4.05. The number of fused-ring (bicyclic) bond motifs is 1. The maximum Gasteiger partial charge on any atom is 0.107 e. The van der Waals surface area contributed by atoms with Crippen molar-refractivity contribution in [2.45, 2.75) is 32.7 Å². The van der Waals surface area contributed by atoms with Crippen LogP contribution in [0.25, 0.3) is 0 Å². The lowest BCUT2D eigenvalue weighted by atomic mass is 9.85. The molecule has 0 spiro atoms. The highest BCUT2D eigenvalue weighted by Crippen LogP contribution is 2.25. The Morgan fingerprint density at radius 3 is 2.79 bits per heavy atom. The summed E-state index contributed by atoms with van der Waals surface area (Å²) in [7, 11) is 0. The van der Waals surface area contributed by atoms with Crippen LogP contribution in [0.2, 0.25) is 0 Å². The van der Waals surface area contributed by atoms with Crippen LogP contribution in [0, 0.1) is 6.92 Å². The summed E-state index contributed by atoms with van der Waals surface area (Å²) in [5, 5.41) is 3.37. The summed E-state index contributed by atoms with van der Waals surface area (Å²) in [6.45, 7) is 6.53. The van der Waals surface area contributed by atoms with E-state index in [1.54, 1.807) is 0 Å². The second kappa shape index (κ2) is 3.06. The molecular formula is C12H15NS. The van der Waals surface area contributed by atoms with Crippen molar-refractivity contribution in [3.8, 4) is 0 Å². The van der Waals surface area contributed by atoms with Gasteiger partial charge in [-0.2, -0.15) is 0 Å². The number of rotatable bonds is 0. The van der Waals surface area contributed by atoms with Crippen molar-refractivity contribution in [3.63, 3.8) is 0 Å². The number of benzene rings is 1. The van der Waals surface area contributed by atoms with Gasteiger partial charge in [0.15, 0.2) is 0 Å². The third kappa shape index (κ3) is 1.55. The van der Waals surface area contributed by atoms with Crippen molar-refractivity contribution in [1.82, 2.24) is 5.32 Å². The predicted molar refractivity (Wildman–Crippen MR) is 63.8 cm³/mol. The molecule has 2 heteroatoms. The van der Waals surface area contributed by atoms with E-state index >= 15 is 0 Å². The SMILES string of the molecule is Cc1cccc2c1CC(C)(C)NC2=S. The molecule has 0 aliphatic carbocycles. The van der Waals surface area contributed by atoms with Crippen LogP contribution in [0.4, 0.5) is 0 Å². The maximum atomic E-state index is 5.36. The van der Waals surface area contributed by atoms with Gasteiger partial charge in [-0.3, -0.25) is 0 Å². The van der Waals surface area contributed by atoms with E-state index in [1.165, 1.54) is 16.7 Å². The molecule has 0 unspecified atom stereocenters. The second-order valence-corrected chi connectivity index (χ2v) is 5.02. The summed E-state index contributed by atoms with van der Waals surface area (Å²) < 4.78 is 0. The first kappa shape index (κ1) is 9.66. The van der Waals surface area contributed by atoms with E-state index in [4.69, 9.17) is 12.2 Å². The van der Waals surface area contributed by atoms with Crippen LogP contribution >= 0.6 is 12.2 Å². The lowest BCUT2D eigenvalue weighted by Gasteiger charge is -2.35. The second-order valence-electron chi connectivity index (χ2n) is 4.62. The van der Waals surface area contributed by atoms with Crippen molar-refractivity contribution in [2.75, 3.05) is 0 Å². The van der Waals surface area contributed by atoms with Crippen molar-refractivity contribution in [2.24, 2.45) is 0 Å². The van der Waals surface area contributed by atoms with Gasteiger partial charge >= 0.3 is 0 Å². The Hall–Kier alpha value is -0.890. The van der Waals surface area contributed by atoms with Gasteiger partial charge in [-0.05, 0) is 38.3 Å². The Morgan fingerprint density at radius 2 is 2.07 bits per heavy atom. The third-order valence-electron chi connectivity index (χ3n) is 2.73. The van der Waals surface area contributed by atoms with Crippen molar-refractivity contribution >= 4 is 17.2 Å². The van der Waals surface area contributed by atoms with E-state index in [0.717, 1.165) is 11.4 Å². The molecule has 0 aromatic heterocycles. The molecule has 74 valence electrons. The molecule has 0 fully saturated rings. The molecule has 0 saturated heterocycles. The lowest BCUT2D eigenvalue weighted by Crippen LogP contribution is -2.48. The number of hydrogen-bond acceptors (Lipinski definition) is 1. The molecular weight excluding hydrogens is 190 g/mol. The highest BCUT2D eigenvalue weighted by atomic mass is 32.1. The third-order valence-corrected chi connectivity index (χ3v) is 3.05. The van der Waals surface area contributed by atoms with Gasteiger partial charge in [-0.15, -0.1) is 0 Å². The average molecular weight is 205 g/mol. The van der Waals surface area contributed by atoms with E-state index in [0.29, 0.717) is 0 Å². The van der Waals surface area contributed by atoms with Crippen LogP contribution in [0.15, 0.2) is 18.2 Å². The summed E-state index contributed by atoms with van der Waals surface area (Å²) in [6, 6.07) is 6.33. The number of hydrogen-bond donors (Lipinski definition) is 1. The molecule has 0 atom stereocenters. The van der Waals surface area contributed by atoms with Gasteiger partial charge in [0.2, 0.25) is 0 Å². The Kier molecular flexibility index (Phi) is 2.11. The summed E-state index contributed by atoms with van der Waals surface area (Å²) in [6.07, 6.45) is 1.05. The molecule has 1 N–H and O–H groups in total. The number of nitrogens with one attached hydrogen (secondary N) is 1. The first-order chi connectivity index (χ1) is 6.49. The zero-order valence-corrected chi connectivity index (χ0v) is 9.66. The minimum atomic E-state index is 0.0934. The monoisotopic (exact) mass is 205 g/mol. The number of aryl methyl sites for hydroxylation is 1. The molecule has 1 aliphatic rings. The zero-order chi connectivity index (χ0) is 10.3. The minimum absolute atomic E-state index is 0.0934. The molecule has 0 bridgehead atoms. The maximum absolute atomic E-state index is 5.36. The van der Waals surface area contributed by atoms with Crippen molar-refractivity contribution in [3.05, 3.63) is 34.9 Å². The van der Waals surface area contributed by atoms with Gasteiger partial charge in [0.25, 0.3) is 0 Å². The molecule has 1 aromatic rings. The Balaban J connectivity index is 2.56. The summed E-state index contributed by atoms with van der Waals surface area (Å²) in [5.74, 6) is 0. The van der Waals surface area contributed by atoms with Gasteiger partial charge in [0.1, 0.15) is 4.99 Å². The molecule has 1 aliphatic heterocycles. The van der Waals surface area contributed by atoms with Gasteiger partial charge in [-0.1, -0.05) is 30.4 Å². The van der Waals surface area contributed by atoms with Crippen LogP contribution < -0.4 is 5.32 Å². The molecule has 1 aromatic carbocycles. The van der Waals surface area contributed by atoms with Gasteiger partial charge in [-0.25, -0.2) is 0 Å². The summed E-state index contributed by atoms with van der Waals surface area (Å²) >= 11 is 5.36. The van der Waals surface area contributed by atoms with Crippen molar-refractivity contribution in [1.29, 1.82) is 0 Å². The van der Waals surface area contributed by atoms with E-state index in [9.17, 15) is 0 Å². The van der Waals surface area contributed by atoms with Crippen LogP contribution in [0.1, 0.15) is 30.5 Å². The smallest absolute Gasteiger partial charge is 0.107 e. The molecule has 1 heterocycles. The first-order valence-corrected chi connectivity index (χ1v) is 5.31. The Bertz CT molecular complexity index is 393.